The van der Waals surface area contributed by atoms with Crippen molar-refractivity contribution in [2.24, 2.45) is 0 Å². The van der Waals surface area contributed by atoms with E-state index >= 15 is 0 Å². The monoisotopic (exact) mass is 571 g/mol. The molecule has 0 unspecified atom stereocenters. The van der Waals surface area contributed by atoms with Crippen molar-refractivity contribution in [3.8, 4) is 11.1 Å². The lowest BCUT2D eigenvalue weighted by atomic mass is 9.92. The molecule has 0 saturated heterocycles. The minimum absolute atomic E-state index is 0.166. The highest BCUT2D eigenvalue weighted by Crippen LogP contribution is 2.35. The predicted octanol–water partition coefficient (Wildman–Crippen LogP) is 9.04. The van der Waals surface area contributed by atoms with E-state index in [1.807, 2.05) is 42.5 Å². The third kappa shape index (κ3) is 6.25. The molecule has 5 aromatic rings. The third-order valence-corrected chi connectivity index (χ3v) is 8.15. The summed E-state index contributed by atoms with van der Waals surface area (Å²) in [5, 5.41) is 1.05. The minimum Gasteiger partial charge on any atom is -0.256 e. The largest absolute Gasteiger partial charge is 0.416 e. The molecule has 0 saturated carbocycles. The number of alkyl halides is 3. The fraction of sp³-hybridized carbons (Fsp3) is 0.147. The Balaban J connectivity index is 1.66. The highest BCUT2D eigenvalue weighted by molar-refractivity contribution is 7.90. The summed E-state index contributed by atoms with van der Waals surface area (Å²) in [5.41, 5.74) is 6.05. The van der Waals surface area contributed by atoms with Gasteiger partial charge in [0.2, 0.25) is 0 Å². The Hall–Kier alpha value is -4.23. The van der Waals surface area contributed by atoms with Gasteiger partial charge in [0.25, 0.3) is 0 Å². The van der Waals surface area contributed by atoms with Gasteiger partial charge < -0.3 is 0 Å². The highest BCUT2D eigenvalue weighted by Gasteiger charge is 2.30. The number of nitrogens with zero attached hydrogens (tertiary/aromatic N) is 1. The fourth-order valence-electron chi connectivity index (χ4n) is 4.79. The fourth-order valence-corrected chi connectivity index (χ4v) is 5.42. The summed E-state index contributed by atoms with van der Waals surface area (Å²) in [4.78, 5) is 4.81. The van der Waals surface area contributed by atoms with E-state index in [0.717, 1.165) is 46.0 Å². The van der Waals surface area contributed by atoms with Gasteiger partial charge in [-0.1, -0.05) is 62.4 Å². The van der Waals surface area contributed by atoms with Crippen molar-refractivity contribution in [1.29, 1.82) is 0 Å². The minimum atomic E-state index is -4.45. The zero-order chi connectivity index (χ0) is 29.4. The standard InChI is InChI=1S/C34H28F3NO2S/c1-22(2)28-20-27-8-5-17-38-33(27)32(21-28)26-7-4-6-23(18-26)19-31(24-9-13-29(14-10-24)34(35,36)37)25-11-15-30(16-12-25)41(3,39)40/h4-22H,1-3H3/b31-19+. The molecule has 0 N–H and O–H groups in total. The van der Waals surface area contributed by atoms with E-state index in [2.05, 4.69) is 31.0 Å². The van der Waals surface area contributed by atoms with E-state index in [0.29, 0.717) is 22.6 Å². The van der Waals surface area contributed by atoms with Gasteiger partial charge in [0.1, 0.15) is 0 Å². The first-order valence-electron chi connectivity index (χ1n) is 13.1. The van der Waals surface area contributed by atoms with Crippen LogP contribution in [0.25, 0.3) is 33.7 Å². The highest BCUT2D eigenvalue weighted by atomic mass is 32.2. The lowest BCUT2D eigenvalue weighted by Crippen LogP contribution is -2.04. The summed E-state index contributed by atoms with van der Waals surface area (Å²) in [6.45, 7) is 4.29. The van der Waals surface area contributed by atoms with Gasteiger partial charge in [0, 0.05) is 23.4 Å². The molecule has 0 aliphatic heterocycles. The second kappa shape index (κ2) is 11.0. The second-order valence-electron chi connectivity index (χ2n) is 10.4. The molecule has 0 spiro atoms. The van der Waals surface area contributed by atoms with Crippen LogP contribution in [-0.2, 0) is 16.0 Å². The molecule has 7 heteroatoms. The number of aromatic nitrogens is 1. The van der Waals surface area contributed by atoms with Crippen LogP contribution in [0.4, 0.5) is 13.2 Å². The quantitative estimate of drug-likeness (QED) is 0.191. The zero-order valence-corrected chi connectivity index (χ0v) is 23.6. The average Bonchev–Trinajstić information content (AvgIpc) is 2.94. The Bertz CT molecular complexity index is 1860. The summed E-state index contributed by atoms with van der Waals surface area (Å²) in [6, 6.07) is 27.5. The van der Waals surface area contributed by atoms with Crippen LogP contribution >= 0.6 is 0 Å². The first-order chi connectivity index (χ1) is 19.4. The van der Waals surface area contributed by atoms with Crippen LogP contribution in [0.2, 0.25) is 0 Å². The van der Waals surface area contributed by atoms with Crippen molar-refractivity contribution in [3.05, 3.63) is 131 Å². The van der Waals surface area contributed by atoms with Crippen molar-refractivity contribution in [1.82, 2.24) is 4.98 Å². The van der Waals surface area contributed by atoms with Crippen molar-refractivity contribution < 1.29 is 21.6 Å². The van der Waals surface area contributed by atoms with Gasteiger partial charge in [-0.15, -0.1) is 0 Å². The van der Waals surface area contributed by atoms with E-state index in [1.54, 1.807) is 18.3 Å². The molecule has 0 aliphatic rings. The van der Waals surface area contributed by atoms with Crippen LogP contribution in [0.15, 0.2) is 108 Å². The van der Waals surface area contributed by atoms with Crippen LogP contribution in [0.5, 0.6) is 0 Å². The van der Waals surface area contributed by atoms with Crippen LogP contribution in [0.1, 0.15) is 47.6 Å². The van der Waals surface area contributed by atoms with E-state index in [4.69, 9.17) is 0 Å². The Labute approximate surface area is 237 Å². The SMILES string of the molecule is CC(C)c1cc(-c2cccc(/C=C(\c3ccc(C(F)(F)F)cc3)c3ccc(S(C)(=O)=O)cc3)c2)c2ncccc2c1. The molecular weight excluding hydrogens is 543 g/mol. The molecule has 4 aromatic carbocycles. The van der Waals surface area contributed by atoms with Crippen molar-refractivity contribution in [2.45, 2.75) is 30.8 Å². The van der Waals surface area contributed by atoms with Gasteiger partial charge in [-0.05, 0) is 93.9 Å². The molecule has 5 rings (SSSR count). The van der Waals surface area contributed by atoms with E-state index in [-0.39, 0.29) is 4.90 Å². The van der Waals surface area contributed by atoms with Crippen molar-refractivity contribution in [3.63, 3.8) is 0 Å². The number of hydrogen-bond donors (Lipinski definition) is 0. The lowest BCUT2D eigenvalue weighted by molar-refractivity contribution is -0.137. The molecule has 0 radical (unpaired) electrons. The maximum Gasteiger partial charge on any atom is 0.416 e. The zero-order valence-electron chi connectivity index (χ0n) is 22.8. The Morgan fingerprint density at radius 3 is 2.10 bits per heavy atom. The number of pyridine rings is 1. The summed E-state index contributed by atoms with van der Waals surface area (Å²) in [7, 11) is -3.41. The molecule has 0 atom stereocenters. The van der Waals surface area contributed by atoms with Crippen LogP contribution < -0.4 is 0 Å². The van der Waals surface area contributed by atoms with Crippen LogP contribution in [0.3, 0.4) is 0 Å². The molecule has 1 heterocycles. The van der Waals surface area contributed by atoms with Gasteiger partial charge in [0.15, 0.2) is 9.84 Å². The Morgan fingerprint density at radius 2 is 1.49 bits per heavy atom. The van der Waals surface area contributed by atoms with Gasteiger partial charge in [0.05, 0.1) is 16.0 Å². The third-order valence-electron chi connectivity index (χ3n) is 7.02. The topological polar surface area (TPSA) is 47.0 Å². The van der Waals surface area contributed by atoms with Gasteiger partial charge in [-0.25, -0.2) is 8.42 Å². The summed E-state index contributed by atoms with van der Waals surface area (Å²) in [6.07, 6.45) is 0.360. The van der Waals surface area contributed by atoms with E-state index in [1.165, 1.54) is 29.8 Å². The number of rotatable bonds is 6. The number of halogens is 3. The smallest absolute Gasteiger partial charge is 0.256 e. The molecule has 1 aromatic heterocycles. The number of hydrogen-bond acceptors (Lipinski definition) is 3. The Kier molecular flexibility index (Phi) is 7.58. The first kappa shape index (κ1) is 28.3. The number of sulfone groups is 1. The molecular formula is C34H28F3NO2S. The second-order valence-corrected chi connectivity index (χ2v) is 12.4. The van der Waals surface area contributed by atoms with Crippen LogP contribution in [-0.4, -0.2) is 19.7 Å². The van der Waals surface area contributed by atoms with Crippen molar-refractivity contribution >= 4 is 32.4 Å². The number of fused-ring (bicyclic) bond motifs is 1. The van der Waals surface area contributed by atoms with Gasteiger partial charge in [-0.3, -0.25) is 4.98 Å². The maximum atomic E-state index is 13.3. The molecule has 208 valence electrons. The predicted molar refractivity (Wildman–Crippen MR) is 159 cm³/mol. The maximum absolute atomic E-state index is 13.3. The average molecular weight is 572 g/mol. The molecule has 0 amide bonds. The summed E-state index contributed by atoms with van der Waals surface area (Å²) in [5.74, 6) is 0.322. The lowest BCUT2D eigenvalue weighted by Gasteiger charge is -2.14. The molecule has 0 aliphatic carbocycles. The first-order valence-corrected chi connectivity index (χ1v) is 15.0. The normalized spacial score (nSPS) is 12.7. The van der Waals surface area contributed by atoms with E-state index in [9.17, 15) is 21.6 Å². The molecule has 41 heavy (non-hydrogen) atoms. The van der Waals surface area contributed by atoms with Gasteiger partial charge in [-0.2, -0.15) is 13.2 Å². The van der Waals surface area contributed by atoms with Gasteiger partial charge >= 0.3 is 6.18 Å². The van der Waals surface area contributed by atoms with E-state index < -0.39 is 21.6 Å². The molecule has 0 bridgehead atoms. The summed E-state index contributed by atoms with van der Waals surface area (Å²) >= 11 is 0. The number of benzene rings is 4. The van der Waals surface area contributed by atoms with Crippen LogP contribution in [0, 0.1) is 0 Å². The summed E-state index contributed by atoms with van der Waals surface area (Å²) < 4.78 is 63.8. The molecule has 3 nitrogen and oxygen atoms in total. The Morgan fingerprint density at radius 1 is 0.829 bits per heavy atom. The van der Waals surface area contributed by atoms with Crippen molar-refractivity contribution in [2.75, 3.05) is 6.26 Å². The molecule has 0 fully saturated rings.